The topological polar surface area (TPSA) is 73.1 Å². The van der Waals surface area contributed by atoms with Gasteiger partial charge in [-0.25, -0.2) is 0 Å². The second kappa shape index (κ2) is 5.60. The van der Waals surface area contributed by atoms with Crippen LogP contribution in [0.5, 0.6) is 0 Å². The van der Waals surface area contributed by atoms with Crippen LogP contribution in [-0.4, -0.2) is 21.7 Å². The number of carbonyl (C=O) groups excluding carboxylic acids is 2. The number of nitrogens with zero attached hydrogens (tertiary/aromatic N) is 2. The van der Waals surface area contributed by atoms with E-state index < -0.39 is 23.6 Å². The summed E-state index contributed by atoms with van der Waals surface area (Å²) in [5, 5.41) is 3.25. The molecule has 3 rings (SSSR count). The van der Waals surface area contributed by atoms with Gasteiger partial charge in [0.15, 0.2) is 0 Å². The number of carbonyl (C=O) groups is 2. The molecule has 0 amide bonds. The van der Waals surface area contributed by atoms with Crippen LogP contribution in [0.25, 0.3) is 11.4 Å². The minimum absolute atomic E-state index is 0.193. The van der Waals surface area contributed by atoms with Crippen molar-refractivity contribution in [2.75, 3.05) is 0 Å². The number of rotatable bonds is 5. The molecule has 5 nitrogen and oxygen atoms in total. The summed E-state index contributed by atoms with van der Waals surface area (Å²) < 4.78 is 41.4. The Kier molecular flexibility index (Phi) is 3.75. The maximum atomic E-state index is 12.4. The molecule has 23 heavy (non-hydrogen) atoms. The Labute approximate surface area is 128 Å². The predicted molar refractivity (Wildman–Crippen MR) is 71.4 cm³/mol. The molecule has 0 N–H and O–H groups in total. The number of Topliss-reactive ketones (excluding diaryl/α,β-unsaturated/α-hetero) is 2. The fourth-order valence-electron chi connectivity index (χ4n) is 2.06. The van der Waals surface area contributed by atoms with Crippen molar-refractivity contribution in [2.45, 2.75) is 25.4 Å². The second-order valence-electron chi connectivity index (χ2n) is 5.40. The summed E-state index contributed by atoms with van der Waals surface area (Å²) in [4.78, 5) is 26.9. The monoisotopic (exact) mass is 324 g/mol. The molecule has 1 aromatic heterocycles. The Bertz CT molecular complexity index is 746. The minimum atomic E-state index is -4.71. The number of alkyl halides is 3. The first kappa shape index (κ1) is 15.4. The molecule has 120 valence electrons. The first-order chi connectivity index (χ1) is 10.8. The van der Waals surface area contributed by atoms with Crippen molar-refractivity contribution in [3.8, 4) is 11.4 Å². The van der Waals surface area contributed by atoms with E-state index in [1.165, 1.54) is 24.3 Å². The zero-order valence-electron chi connectivity index (χ0n) is 11.8. The summed E-state index contributed by atoms with van der Waals surface area (Å²) in [5.41, 5.74) is 0.453. The summed E-state index contributed by atoms with van der Waals surface area (Å²) in [7, 11) is 0. The molecule has 0 aliphatic heterocycles. The van der Waals surface area contributed by atoms with Gasteiger partial charge in [0.05, 0.1) is 0 Å². The normalized spacial score (nSPS) is 14.7. The summed E-state index contributed by atoms with van der Waals surface area (Å²) >= 11 is 0. The molecular formula is C15H11F3N2O3. The molecule has 0 spiro atoms. The molecule has 1 heterocycles. The summed E-state index contributed by atoms with van der Waals surface area (Å²) in [6.07, 6.45) is -2.52. The van der Waals surface area contributed by atoms with Gasteiger partial charge < -0.3 is 4.52 Å². The summed E-state index contributed by atoms with van der Waals surface area (Å²) in [6, 6.07) is 5.49. The molecule has 1 aromatic carbocycles. The zero-order valence-corrected chi connectivity index (χ0v) is 11.8. The van der Waals surface area contributed by atoms with Crippen molar-refractivity contribution < 1.29 is 27.3 Å². The minimum Gasteiger partial charge on any atom is -0.329 e. The molecule has 8 heteroatoms. The van der Waals surface area contributed by atoms with E-state index in [-0.39, 0.29) is 23.4 Å². The average molecular weight is 324 g/mol. The van der Waals surface area contributed by atoms with Crippen molar-refractivity contribution in [1.82, 2.24) is 10.1 Å². The maximum Gasteiger partial charge on any atom is 0.471 e. The highest BCUT2D eigenvalue weighted by Gasteiger charge is 2.38. The molecule has 0 unspecified atom stereocenters. The van der Waals surface area contributed by atoms with Crippen LogP contribution in [0, 0.1) is 5.92 Å². The van der Waals surface area contributed by atoms with Crippen molar-refractivity contribution in [3.05, 3.63) is 35.7 Å². The Morgan fingerprint density at radius 1 is 1.17 bits per heavy atom. The predicted octanol–water partition coefficient (Wildman–Crippen LogP) is 3.31. The van der Waals surface area contributed by atoms with Gasteiger partial charge in [0.25, 0.3) is 0 Å². The molecule has 0 radical (unpaired) electrons. The molecule has 1 aliphatic rings. The molecular weight excluding hydrogens is 313 g/mol. The van der Waals surface area contributed by atoms with Crippen LogP contribution in [0.1, 0.15) is 35.5 Å². The van der Waals surface area contributed by atoms with E-state index in [0.717, 1.165) is 12.8 Å². The molecule has 0 atom stereocenters. The largest absolute Gasteiger partial charge is 0.471 e. The third-order valence-electron chi connectivity index (χ3n) is 3.50. The lowest BCUT2D eigenvalue weighted by Gasteiger charge is -2.01. The van der Waals surface area contributed by atoms with E-state index in [2.05, 4.69) is 14.7 Å². The van der Waals surface area contributed by atoms with Crippen molar-refractivity contribution in [2.24, 2.45) is 5.92 Å². The number of hydrogen-bond donors (Lipinski definition) is 0. The van der Waals surface area contributed by atoms with Gasteiger partial charge in [-0.15, -0.1) is 0 Å². The smallest absolute Gasteiger partial charge is 0.329 e. The van der Waals surface area contributed by atoms with E-state index >= 15 is 0 Å². The maximum absolute atomic E-state index is 12.4. The molecule has 2 aromatic rings. The van der Waals surface area contributed by atoms with Gasteiger partial charge in [-0.1, -0.05) is 29.4 Å². The van der Waals surface area contributed by atoms with Gasteiger partial charge in [0.1, 0.15) is 0 Å². The number of hydrogen-bond acceptors (Lipinski definition) is 5. The van der Waals surface area contributed by atoms with Crippen molar-refractivity contribution in [1.29, 1.82) is 0 Å². The number of halogens is 3. The Balaban J connectivity index is 1.75. The van der Waals surface area contributed by atoms with Gasteiger partial charge >= 0.3 is 12.1 Å². The fraction of sp³-hybridized carbons (Fsp3) is 0.333. The highest BCUT2D eigenvalue weighted by atomic mass is 19.4. The van der Waals surface area contributed by atoms with Gasteiger partial charge in [-0.3, -0.25) is 9.59 Å². The van der Waals surface area contributed by atoms with Crippen LogP contribution >= 0.6 is 0 Å². The summed E-state index contributed by atoms with van der Waals surface area (Å²) in [6.45, 7) is 0. The van der Waals surface area contributed by atoms with E-state index in [1.807, 2.05) is 0 Å². The van der Waals surface area contributed by atoms with E-state index in [4.69, 9.17) is 0 Å². The Hall–Kier alpha value is -2.51. The van der Waals surface area contributed by atoms with E-state index in [1.54, 1.807) is 0 Å². The van der Waals surface area contributed by atoms with Crippen LogP contribution in [0.2, 0.25) is 0 Å². The first-order valence-electron chi connectivity index (χ1n) is 6.93. The highest BCUT2D eigenvalue weighted by Crippen LogP contribution is 2.33. The van der Waals surface area contributed by atoms with Crippen LogP contribution in [0.3, 0.4) is 0 Å². The SMILES string of the molecule is O=C(CC1CC1)C(=O)c1ccc(-c2noc(C(F)(F)F)n2)cc1. The van der Waals surface area contributed by atoms with Gasteiger partial charge in [-0.2, -0.15) is 18.2 Å². The van der Waals surface area contributed by atoms with E-state index in [0.29, 0.717) is 5.92 Å². The molecule has 1 fully saturated rings. The Morgan fingerprint density at radius 2 is 1.83 bits per heavy atom. The van der Waals surface area contributed by atoms with Crippen LogP contribution < -0.4 is 0 Å². The van der Waals surface area contributed by atoms with Crippen molar-refractivity contribution in [3.63, 3.8) is 0 Å². The quantitative estimate of drug-likeness (QED) is 0.623. The first-order valence-corrected chi connectivity index (χ1v) is 6.93. The van der Waals surface area contributed by atoms with Crippen LogP contribution in [0.15, 0.2) is 28.8 Å². The van der Waals surface area contributed by atoms with Crippen molar-refractivity contribution >= 4 is 11.6 Å². The van der Waals surface area contributed by atoms with Crippen LogP contribution in [0.4, 0.5) is 13.2 Å². The molecule has 1 aliphatic carbocycles. The third-order valence-corrected chi connectivity index (χ3v) is 3.50. The fourth-order valence-corrected chi connectivity index (χ4v) is 2.06. The zero-order chi connectivity index (χ0) is 16.6. The standard InChI is InChI=1S/C15H11F3N2O3/c16-15(17,18)14-19-13(20-23-14)10-5-3-9(4-6-10)12(22)11(21)7-8-1-2-8/h3-6,8H,1-2,7H2. The van der Waals surface area contributed by atoms with Gasteiger partial charge in [0.2, 0.25) is 17.4 Å². The number of benzene rings is 1. The number of ketones is 2. The second-order valence-corrected chi connectivity index (χ2v) is 5.40. The van der Waals surface area contributed by atoms with Crippen LogP contribution in [-0.2, 0) is 11.0 Å². The third kappa shape index (κ3) is 3.46. The number of aromatic nitrogens is 2. The molecule has 0 bridgehead atoms. The molecule has 0 saturated heterocycles. The van der Waals surface area contributed by atoms with Gasteiger partial charge in [0, 0.05) is 17.5 Å². The average Bonchev–Trinajstić information content (AvgIpc) is 3.17. The highest BCUT2D eigenvalue weighted by molar-refractivity contribution is 6.43. The lowest BCUT2D eigenvalue weighted by Crippen LogP contribution is -2.14. The lowest BCUT2D eigenvalue weighted by atomic mass is 10.0. The molecule has 1 saturated carbocycles. The lowest BCUT2D eigenvalue weighted by molar-refractivity contribution is -0.159. The van der Waals surface area contributed by atoms with E-state index in [9.17, 15) is 22.8 Å². The Morgan fingerprint density at radius 3 is 2.35 bits per heavy atom. The van der Waals surface area contributed by atoms with Gasteiger partial charge in [-0.05, 0) is 18.8 Å². The summed E-state index contributed by atoms with van der Waals surface area (Å²) in [5.74, 6) is -2.40.